The minimum atomic E-state index is 0.558. The van der Waals surface area contributed by atoms with Crippen LogP contribution in [0.25, 0.3) is 0 Å². The minimum absolute atomic E-state index is 0.558. The van der Waals surface area contributed by atoms with Gasteiger partial charge in [0.15, 0.2) is 0 Å². The predicted molar refractivity (Wildman–Crippen MR) is 65.8 cm³/mol. The summed E-state index contributed by atoms with van der Waals surface area (Å²) in [5.41, 5.74) is 6.27. The van der Waals surface area contributed by atoms with Gasteiger partial charge in [0.1, 0.15) is 6.07 Å². The van der Waals surface area contributed by atoms with Gasteiger partial charge in [-0.3, -0.25) is 5.01 Å². The van der Waals surface area contributed by atoms with Gasteiger partial charge < -0.3 is 10.7 Å². The highest BCUT2D eigenvalue weighted by Gasteiger charge is 2.29. The monoisotopic (exact) mass is 226 g/mol. The molecule has 2 aliphatic heterocycles. The molecule has 1 unspecified atom stereocenters. The molecule has 86 valence electrons. The van der Waals surface area contributed by atoms with Gasteiger partial charge in [-0.05, 0) is 18.6 Å². The summed E-state index contributed by atoms with van der Waals surface area (Å²) in [4.78, 5) is 0. The van der Waals surface area contributed by atoms with Crippen LogP contribution in [0.2, 0.25) is 0 Å². The Hall–Kier alpha value is -2.15. The number of nitrogens with zero attached hydrogens (tertiary/aromatic N) is 2. The van der Waals surface area contributed by atoms with Crippen molar-refractivity contribution in [3.05, 3.63) is 41.7 Å². The zero-order valence-corrected chi connectivity index (χ0v) is 9.48. The quantitative estimate of drug-likeness (QED) is 0.758. The number of nitriles is 1. The third-order valence-corrected chi connectivity index (χ3v) is 3.32. The standard InChI is InChI=1S/C13H14N4/c14-7-10-3-1-2-4-13(10)17-9-11-5-6-15-8-12(11)16-17/h1-4,8,11,15-16H,5-6,9H2. The van der Waals surface area contributed by atoms with Crippen molar-refractivity contribution in [2.75, 3.05) is 18.1 Å². The van der Waals surface area contributed by atoms with Crippen molar-refractivity contribution in [1.82, 2.24) is 10.7 Å². The highest BCUT2D eigenvalue weighted by atomic mass is 15.5. The molecule has 17 heavy (non-hydrogen) atoms. The molecule has 0 aliphatic carbocycles. The summed E-state index contributed by atoms with van der Waals surface area (Å²) in [6.45, 7) is 1.97. The molecular formula is C13H14N4. The van der Waals surface area contributed by atoms with E-state index in [0.29, 0.717) is 11.5 Å². The largest absolute Gasteiger partial charge is 0.389 e. The lowest BCUT2D eigenvalue weighted by Crippen LogP contribution is -2.30. The lowest BCUT2D eigenvalue weighted by Gasteiger charge is -2.19. The van der Waals surface area contributed by atoms with E-state index in [-0.39, 0.29) is 0 Å². The van der Waals surface area contributed by atoms with Gasteiger partial charge in [0.2, 0.25) is 0 Å². The first-order chi connectivity index (χ1) is 8.38. The Labute approximate surface area is 101 Å². The Kier molecular flexibility index (Phi) is 2.37. The maximum absolute atomic E-state index is 9.11. The second-order valence-electron chi connectivity index (χ2n) is 4.39. The van der Waals surface area contributed by atoms with Crippen molar-refractivity contribution < 1.29 is 0 Å². The van der Waals surface area contributed by atoms with Crippen LogP contribution in [-0.2, 0) is 0 Å². The number of hydrogen-bond acceptors (Lipinski definition) is 4. The van der Waals surface area contributed by atoms with Crippen molar-refractivity contribution in [3.8, 4) is 6.07 Å². The summed E-state index contributed by atoms with van der Waals surface area (Å²) in [7, 11) is 0. The summed E-state index contributed by atoms with van der Waals surface area (Å²) in [5, 5.41) is 14.4. The fourth-order valence-electron chi connectivity index (χ4n) is 2.41. The first kappa shape index (κ1) is 10.0. The minimum Gasteiger partial charge on any atom is -0.389 e. The smallest absolute Gasteiger partial charge is 0.101 e. The number of para-hydroxylation sites is 1. The third kappa shape index (κ3) is 1.70. The molecule has 4 heteroatoms. The van der Waals surface area contributed by atoms with Crippen LogP contribution >= 0.6 is 0 Å². The van der Waals surface area contributed by atoms with E-state index < -0.39 is 0 Å². The number of benzene rings is 1. The molecule has 4 nitrogen and oxygen atoms in total. The van der Waals surface area contributed by atoms with Gasteiger partial charge >= 0.3 is 0 Å². The van der Waals surface area contributed by atoms with Crippen molar-refractivity contribution in [1.29, 1.82) is 5.26 Å². The molecule has 0 bridgehead atoms. The number of rotatable bonds is 1. The molecule has 0 aromatic heterocycles. The molecule has 0 amide bonds. The molecule has 1 atom stereocenters. The predicted octanol–water partition coefficient (Wildman–Crippen LogP) is 1.33. The SMILES string of the molecule is N#Cc1ccccc1N1CC2CCNC=C2N1. The van der Waals surface area contributed by atoms with Crippen LogP contribution in [0.3, 0.4) is 0 Å². The Bertz CT molecular complexity index is 500. The Balaban J connectivity index is 1.90. The molecule has 1 aromatic carbocycles. The van der Waals surface area contributed by atoms with Gasteiger partial charge in [0.25, 0.3) is 0 Å². The molecule has 1 fully saturated rings. The second kappa shape index (κ2) is 4.02. The van der Waals surface area contributed by atoms with Gasteiger partial charge in [-0.1, -0.05) is 12.1 Å². The Morgan fingerprint density at radius 3 is 3.06 bits per heavy atom. The van der Waals surface area contributed by atoms with Crippen LogP contribution in [0, 0.1) is 17.2 Å². The highest BCUT2D eigenvalue weighted by molar-refractivity contribution is 5.59. The maximum Gasteiger partial charge on any atom is 0.101 e. The summed E-state index contributed by atoms with van der Waals surface area (Å²) in [6, 6.07) is 9.93. The van der Waals surface area contributed by atoms with Crippen molar-refractivity contribution in [2.24, 2.45) is 5.92 Å². The molecule has 0 radical (unpaired) electrons. The van der Waals surface area contributed by atoms with Crippen molar-refractivity contribution in [3.63, 3.8) is 0 Å². The van der Waals surface area contributed by atoms with Gasteiger partial charge in [-0.25, -0.2) is 0 Å². The van der Waals surface area contributed by atoms with Crippen LogP contribution in [0.1, 0.15) is 12.0 Å². The van der Waals surface area contributed by atoms with E-state index in [1.165, 1.54) is 5.70 Å². The maximum atomic E-state index is 9.11. The average Bonchev–Trinajstić information content (AvgIpc) is 2.82. The van der Waals surface area contributed by atoms with Gasteiger partial charge in [0.05, 0.1) is 16.9 Å². The lowest BCUT2D eigenvalue weighted by molar-refractivity contribution is 0.558. The normalized spacial score (nSPS) is 21.9. The van der Waals surface area contributed by atoms with E-state index in [2.05, 4.69) is 21.8 Å². The first-order valence-corrected chi connectivity index (χ1v) is 5.85. The van der Waals surface area contributed by atoms with Crippen LogP contribution in [0.4, 0.5) is 5.69 Å². The van der Waals surface area contributed by atoms with Gasteiger partial charge in [-0.15, -0.1) is 0 Å². The first-order valence-electron chi connectivity index (χ1n) is 5.85. The summed E-state index contributed by atoms with van der Waals surface area (Å²) < 4.78 is 0. The van der Waals surface area contributed by atoms with Crippen LogP contribution < -0.4 is 15.8 Å². The fourth-order valence-corrected chi connectivity index (χ4v) is 2.41. The van der Waals surface area contributed by atoms with Crippen molar-refractivity contribution >= 4 is 5.69 Å². The molecule has 0 spiro atoms. The molecule has 1 saturated heterocycles. The number of nitrogens with one attached hydrogen (secondary N) is 2. The zero-order chi connectivity index (χ0) is 11.7. The Morgan fingerprint density at radius 2 is 2.24 bits per heavy atom. The third-order valence-electron chi connectivity index (χ3n) is 3.32. The topological polar surface area (TPSA) is 51.1 Å². The Morgan fingerprint density at radius 1 is 1.35 bits per heavy atom. The molecule has 3 rings (SSSR count). The summed E-state index contributed by atoms with van der Waals surface area (Å²) in [6.07, 6.45) is 3.19. The molecule has 1 aromatic rings. The number of fused-ring (bicyclic) bond motifs is 1. The fraction of sp³-hybridized carbons (Fsp3) is 0.308. The second-order valence-corrected chi connectivity index (χ2v) is 4.39. The van der Waals surface area contributed by atoms with Crippen molar-refractivity contribution in [2.45, 2.75) is 6.42 Å². The molecule has 2 N–H and O–H groups in total. The lowest BCUT2D eigenvalue weighted by atomic mass is 10.0. The molecule has 2 heterocycles. The van der Waals surface area contributed by atoms with Gasteiger partial charge in [0, 0.05) is 25.2 Å². The number of hydrazine groups is 1. The van der Waals surface area contributed by atoms with Crippen LogP contribution in [0.15, 0.2) is 36.2 Å². The van der Waals surface area contributed by atoms with E-state index >= 15 is 0 Å². The summed E-state index contributed by atoms with van der Waals surface area (Å²) in [5.74, 6) is 0.558. The van der Waals surface area contributed by atoms with Crippen LogP contribution in [0.5, 0.6) is 0 Å². The van der Waals surface area contributed by atoms with E-state index in [9.17, 15) is 0 Å². The number of hydrogen-bond donors (Lipinski definition) is 2. The van der Waals surface area contributed by atoms with E-state index in [1.54, 1.807) is 0 Å². The van der Waals surface area contributed by atoms with E-state index in [1.807, 2.05) is 30.5 Å². The van der Waals surface area contributed by atoms with E-state index in [0.717, 1.165) is 25.2 Å². The molecule has 0 saturated carbocycles. The molecular weight excluding hydrogens is 212 g/mol. The summed E-state index contributed by atoms with van der Waals surface area (Å²) >= 11 is 0. The van der Waals surface area contributed by atoms with E-state index in [4.69, 9.17) is 5.26 Å². The average molecular weight is 226 g/mol. The zero-order valence-electron chi connectivity index (χ0n) is 9.48. The molecule has 2 aliphatic rings. The number of anilines is 1. The highest BCUT2D eigenvalue weighted by Crippen LogP contribution is 2.28. The van der Waals surface area contributed by atoms with Crippen LogP contribution in [-0.4, -0.2) is 13.1 Å². The van der Waals surface area contributed by atoms with Gasteiger partial charge in [-0.2, -0.15) is 5.26 Å².